The summed E-state index contributed by atoms with van der Waals surface area (Å²) in [6.07, 6.45) is 1.07. The number of rotatable bonds is 4. The molecule has 1 aliphatic rings. The van der Waals surface area contributed by atoms with E-state index in [0.717, 1.165) is 34.6 Å². The number of imidazole rings is 1. The van der Waals surface area contributed by atoms with Gasteiger partial charge in [-0.2, -0.15) is 18.3 Å². The van der Waals surface area contributed by atoms with Crippen LogP contribution in [0.25, 0.3) is 10.2 Å². The van der Waals surface area contributed by atoms with Gasteiger partial charge in [-0.3, -0.25) is 9.48 Å². The number of amides is 1. The predicted molar refractivity (Wildman–Crippen MR) is 85.3 cm³/mol. The van der Waals surface area contributed by atoms with Crippen molar-refractivity contribution in [1.29, 1.82) is 0 Å². The Morgan fingerprint density at radius 2 is 2.20 bits per heavy atom. The van der Waals surface area contributed by atoms with Crippen LogP contribution in [-0.2, 0) is 19.8 Å². The summed E-state index contributed by atoms with van der Waals surface area (Å²) >= 11 is 0.995. The lowest BCUT2D eigenvalue weighted by Crippen LogP contribution is -2.23. The minimum Gasteiger partial charge on any atom is -0.346 e. The van der Waals surface area contributed by atoms with Crippen LogP contribution in [0, 0.1) is 0 Å². The summed E-state index contributed by atoms with van der Waals surface area (Å²) in [7, 11) is 1.43. The normalized spacial score (nSPS) is 15.0. The Kier molecular flexibility index (Phi) is 3.60. The maximum absolute atomic E-state index is 13.0. The van der Waals surface area contributed by atoms with Gasteiger partial charge in [0.1, 0.15) is 4.83 Å². The number of carbonyl (C=O) groups is 1. The summed E-state index contributed by atoms with van der Waals surface area (Å²) in [5.74, 6) is -0.405. The molecule has 25 heavy (non-hydrogen) atoms. The summed E-state index contributed by atoms with van der Waals surface area (Å²) in [6.45, 7) is 0.286. The molecule has 3 heterocycles. The van der Waals surface area contributed by atoms with Crippen molar-refractivity contribution in [1.82, 2.24) is 24.6 Å². The zero-order valence-corrected chi connectivity index (χ0v) is 14.0. The molecule has 1 fully saturated rings. The fourth-order valence-corrected chi connectivity index (χ4v) is 3.76. The van der Waals surface area contributed by atoms with E-state index in [1.165, 1.54) is 13.1 Å². The van der Waals surface area contributed by atoms with Crippen molar-refractivity contribution in [2.45, 2.75) is 31.6 Å². The van der Waals surface area contributed by atoms with E-state index >= 15 is 0 Å². The van der Waals surface area contributed by atoms with Crippen molar-refractivity contribution in [3.8, 4) is 0 Å². The predicted octanol–water partition coefficient (Wildman–Crippen LogP) is 3.12. The number of carbonyl (C=O) groups excluding carboxylic acids is 1. The molecule has 10 heteroatoms. The molecule has 3 aromatic rings. The molecule has 1 aliphatic carbocycles. The highest BCUT2D eigenvalue weighted by molar-refractivity contribution is 7.20. The first-order valence-electron chi connectivity index (χ1n) is 7.67. The summed E-state index contributed by atoms with van der Waals surface area (Å²) in [5.41, 5.74) is -0.0817. The summed E-state index contributed by atoms with van der Waals surface area (Å²) in [4.78, 5) is 17.0. The molecule has 0 aliphatic heterocycles. The Bertz CT molecular complexity index is 950. The molecule has 0 radical (unpaired) electrons. The lowest BCUT2D eigenvalue weighted by molar-refractivity contribution is -0.140. The Hall–Kier alpha value is -2.36. The molecule has 0 saturated heterocycles. The van der Waals surface area contributed by atoms with Crippen molar-refractivity contribution >= 4 is 27.5 Å². The quantitative estimate of drug-likeness (QED) is 0.769. The van der Waals surface area contributed by atoms with Gasteiger partial charge < -0.3 is 9.88 Å². The number of fused-ring (bicyclic) bond motifs is 1. The monoisotopic (exact) mass is 369 g/mol. The van der Waals surface area contributed by atoms with E-state index in [1.807, 2.05) is 4.57 Å². The van der Waals surface area contributed by atoms with Gasteiger partial charge in [-0.05, 0) is 18.9 Å². The molecule has 0 spiro atoms. The largest absolute Gasteiger partial charge is 0.435 e. The second kappa shape index (κ2) is 5.58. The molecule has 6 nitrogen and oxygen atoms in total. The first kappa shape index (κ1) is 16.1. The lowest BCUT2D eigenvalue weighted by Gasteiger charge is -2.07. The lowest BCUT2D eigenvalue weighted by atomic mass is 10.2. The van der Waals surface area contributed by atoms with Crippen molar-refractivity contribution in [2.75, 3.05) is 0 Å². The second-order valence-corrected chi connectivity index (χ2v) is 7.04. The summed E-state index contributed by atoms with van der Waals surface area (Å²) in [5, 5.41) is 6.21. The van der Waals surface area contributed by atoms with Gasteiger partial charge in [0.25, 0.3) is 5.91 Å². The molecule has 0 aromatic carbocycles. The zero-order valence-electron chi connectivity index (χ0n) is 13.2. The van der Waals surface area contributed by atoms with Crippen LogP contribution in [-0.4, -0.2) is 25.2 Å². The van der Waals surface area contributed by atoms with Crippen molar-refractivity contribution in [3.05, 3.63) is 34.9 Å². The Labute approximate surface area is 144 Å². The average Bonchev–Trinajstić information content (AvgIpc) is 3.00. The van der Waals surface area contributed by atoms with Crippen molar-refractivity contribution < 1.29 is 18.0 Å². The SMILES string of the molecule is Cn1nc(C(F)(F)F)c2cc(C(=O)NCc3cncn3C3CC3)sc21. The number of halogens is 3. The first-order valence-corrected chi connectivity index (χ1v) is 8.49. The zero-order chi connectivity index (χ0) is 17.8. The molecular weight excluding hydrogens is 355 g/mol. The topological polar surface area (TPSA) is 64.7 Å². The van der Waals surface area contributed by atoms with Crippen LogP contribution in [0.1, 0.15) is 39.9 Å². The first-order chi connectivity index (χ1) is 11.8. The van der Waals surface area contributed by atoms with Gasteiger partial charge in [-0.15, -0.1) is 11.3 Å². The Morgan fingerprint density at radius 1 is 1.44 bits per heavy atom. The van der Waals surface area contributed by atoms with Gasteiger partial charge in [0.2, 0.25) is 0 Å². The molecule has 1 saturated carbocycles. The fourth-order valence-electron chi connectivity index (χ4n) is 2.77. The van der Waals surface area contributed by atoms with E-state index in [-0.39, 0.29) is 16.8 Å². The van der Waals surface area contributed by atoms with Gasteiger partial charge in [0.15, 0.2) is 5.69 Å². The van der Waals surface area contributed by atoms with E-state index in [4.69, 9.17) is 0 Å². The van der Waals surface area contributed by atoms with Gasteiger partial charge in [0, 0.05) is 24.7 Å². The van der Waals surface area contributed by atoms with Crippen molar-refractivity contribution in [2.24, 2.45) is 7.05 Å². The third-order valence-electron chi connectivity index (χ3n) is 4.12. The van der Waals surface area contributed by atoms with Crippen LogP contribution in [0.3, 0.4) is 0 Å². The second-order valence-electron chi connectivity index (χ2n) is 6.01. The van der Waals surface area contributed by atoms with Crippen LogP contribution in [0.2, 0.25) is 0 Å². The van der Waals surface area contributed by atoms with E-state index in [1.54, 1.807) is 12.5 Å². The fraction of sp³-hybridized carbons (Fsp3) is 0.400. The van der Waals surface area contributed by atoms with Gasteiger partial charge in [-0.1, -0.05) is 0 Å². The van der Waals surface area contributed by atoms with Crippen LogP contribution in [0.5, 0.6) is 0 Å². The van der Waals surface area contributed by atoms with E-state index < -0.39 is 17.8 Å². The average molecular weight is 369 g/mol. The van der Waals surface area contributed by atoms with E-state index in [2.05, 4.69) is 15.4 Å². The molecular formula is C15H14F3N5OS. The summed E-state index contributed by atoms with van der Waals surface area (Å²) < 4.78 is 42.2. The third-order valence-corrected chi connectivity index (χ3v) is 5.32. The van der Waals surface area contributed by atoms with E-state index in [9.17, 15) is 18.0 Å². The highest BCUT2D eigenvalue weighted by atomic mass is 32.1. The summed E-state index contributed by atoms with van der Waals surface area (Å²) in [6, 6.07) is 1.70. The number of aryl methyl sites for hydroxylation is 1. The standard InChI is InChI=1S/C15H14F3N5OS/c1-22-14-10(12(21-22)15(16,17)18)4-11(25-14)13(24)20-6-9-5-19-7-23(9)8-2-3-8/h4-5,7-8H,2-3,6H2,1H3,(H,20,24). The molecule has 0 unspecified atom stereocenters. The molecule has 4 rings (SSSR count). The Balaban J connectivity index is 1.55. The highest BCUT2D eigenvalue weighted by Crippen LogP contribution is 2.37. The van der Waals surface area contributed by atoms with Crippen LogP contribution < -0.4 is 5.32 Å². The number of nitrogens with zero attached hydrogens (tertiary/aromatic N) is 4. The molecule has 1 amide bonds. The highest BCUT2D eigenvalue weighted by Gasteiger charge is 2.37. The molecule has 1 N–H and O–H groups in total. The van der Waals surface area contributed by atoms with Crippen LogP contribution >= 0.6 is 11.3 Å². The number of nitrogens with one attached hydrogen (secondary N) is 1. The maximum Gasteiger partial charge on any atom is 0.435 e. The van der Waals surface area contributed by atoms with Gasteiger partial charge in [0.05, 0.1) is 23.4 Å². The number of hydrogen-bond donors (Lipinski definition) is 1. The number of alkyl halides is 3. The van der Waals surface area contributed by atoms with Crippen LogP contribution in [0.4, 0.5) is 13.2 Å². The van der Waals surface area contributed by atoms with Crippen LogP contribution in [0.15, 0.2) is 18.6 Å². The molecule has 3 aromatic heterocycles. The van der Waals surface area contributed by atoms with Crippen molar-refractivity contribution in [3.63, 3.8) is 0 Å². The maximum atomic E-state index is 13.0. The third kappa shape index (κ3) is 2.90. The minimum atomic E-state index is -4.55. The minimum absolute atomic E-state index is 0.0480. The molecule has 0 bridgehead atoms. The Morgan fingerprint density at radius 3 is 2.88 bits per heavy atom. The number of aromatic nitrogens is 4. The number of thiophene rings is 1. The van der Waals surface area contributed by atoms with Gasteiger partial charge in [-0.25, -0.2) is 4.98 Å². The molecule has 132 valence electrons. The van der Waals surface area contributed by atoms with Gasteiger partial charge >= 0.3 is 6.18 Å². The van der Waals surface area contributed by atoms with E-state index in [0.29, 0.717) is 10.9 Å². The number of hydrogen-bond acceptors (Lipinski definition) is 4. The molecule has 0 atom stereocenters. The smallest absolute Gasteiger partial charge is 0.346 e.